The standard InChI is InChI=1S/C18H27N3O.2ClH/c1-18(10-5-6-11-19-18)17(22)20-16-9-12-21(14-16)13-15-7-3-2-4-8-15;;/h2-4,7-8,16,19H,5-6,9-14H2,1H3,(H,20,22);2*1H. The molecule has 3 rings (SSSR count). The molecule has 1 aromatic carbocycles. The van der Waals surface area contributed by atoms with Crippen LogP contribution >= 0.6 is 24.8 Å². The molecule has 24 heavy (non-hydrogen) atoms. The van der Waals surface area contributed by atoms with Gasteiger partial charge in [-0.2, -0.15) is 0 Å². The molecular weight excluding hydrogens is 345 g/mol. The van der Waals surface area contributed by atoms with E-state index in [9.17, 15) is 4.79 Å². The molecule has 136 valence electrons. The van der Waals surface area contributed by atoms with Gasteiger partial charge in [-0.15, -0.1) is 24.8 Å². The van der Waals surface area contributed by atoms with Crippen molar-refractivity contribution >= 4 is 30.7 Å². The largest absolute Gasteiger partial charge is 0.350 e. The number of nitrogens with zero attached hydrogens (tertiary/aromatic N) is 1. The van der Waals surface area contributed by atoms with Crippen molar-refractivity contribution < 1.29 is 4.79 Å². The van der Waals surface area contributed by atoms with E-state index in [0.29, 0.717) is 0 Å². The number of rotatable bonds is 4. The highest BCUT2D eigenvalue weighted by atomic mass is 35.5. The lowest BCUT2D eigenvalue weighted by atomic mass is 9.90. The molecule has 0 aromatic heterocycles. The first-order chi connectivity index (χ1) is 10.7. The van der Waals surface area contributed by atoms with Crippen molar-refractivity contribution in [1.29, 1.82) is 0 Å². The Hall–Kier alpha value is -0.810. The van der Waals surface area contributed by atoms with Crippen LogP contribution in [0, 0.1) is 0 Å². The van der Waals surface area contributed by atoms with Crippen LogP contribution in [0.5, 0.6) is 0 Å². The van der Waals surface area contributed by atoms with Gasteiger partial charge in [-0.1, -0.05) is 30.3 Å². The SMILES string of the molecule is CC1(C(=O)NC2CCN(Cc3ccccc3)C2)CCCCN1.Cl.Cl. The predicted molar refractivity (Wildman–Crippen MR) is 103 cm³/mol. The maximum atomic E-state index is 12.5. The van der Waals surface area contributed by atoms with Crippen molar-refractivity contribution in [2.75, 3.05) is 19.6 Å². The normalized spacial score (nSPS) is 27.0. The van der Waals surface area contributed by atoms with Gasteiger partial charge in [0.25, 0.3) is 0 Å². The lowest BCUT2D eigenvalue weighted by Crippen LogP contribution is -2.58. The summed E-state index contributed by atoms with van der Waals surface area (Å²) in [7, 11) is 0. The fraction of sp³-hybridized carbons (Fsp3) is 0.611. The van der Waals surface area contributed by atoms with Crippen molar-refractivity contribution in [3.05, 3.63) is 35.9 Å². The number of hydrogen-bond acceptors (Lipinski definition) is 3. The van der Waals surface area contributed by atoms with E-state index in [0.717, 1.165) is 45.4 Å². The quantitative estimate of drug-likeness (QED) is 0.852. The zero-order valence-electron chi connectivity index (χ0n) is 14.3. The van der Waals surface area contributed by atoms with Gasteiger partial charge in [0.2, 0.25) is 5.91 Å². The molecule has 2 atom stereocenters. The average molecular weight is 374 g/mol. The van der Waals surface area contributed by atoms with E-state index in [1.165, 1.54) is 12.0 Å². The molecule has 2 fully saturated rings. The summed E-state index contributed by atoms with van der Waals surface area (Å²) in [6, 6.07) is 10.8. The van der Waals surface area contributed by atoms with E-state index in [1.807, 2.05) is 13.0 Å². The molecule has 6 heteroatoms. The number of benzene rings is 1. The Kier molecular flexibility index (Phi) is 8.51. The van der Waals surface area contributed by atoms with Crippen LogP contribution in [0.25, 0.3) is 0 Å². The molecule has 2 aliphatic rings. The van der Waals surface area contributed by atoms with Gasteiger partial charge in [0.1, 0.15) is 0 Å². The second-order valence-corrected chi connectivity index (χ2v) is 6.90. The maximum Gasteiger partial charge on any atom is 0.240 e. The third-order valence-electron chi connectivity index (χ3n) is 4.98. The third-order valence-corrected chi connectivity index (χ3v) is 4.98. The summed E-state index contributed by atoms with van der Waals surface area (Å²) in [6.07, 6.45) is 4.31. The molecular formula is C18H29Cl2N3O. The number of hydrogen-bond donors (Lipinski definition) is 2. The first-order valence-electron chi connectivity index (χ1n) is 8.48. The van der Waals surface area contributed by atoms with E-state index in [-0.39, 0.29) is 42.3 Å². The van der Waals surface area contributed by atoms with Gasteiger partial charge in [-0.3, -0.25) is 9.69 Å². The number of likely N-dealkylation sites (tertiary alicyclic amines) is 1. The minimum atomic E-state index is -0.370. The Morgan fingerprint density at radius 3 is 2.71 bits per heavy atom. The van der Waals surface area contributed by atoms with Crippen molar-refractivity contribution in [1.82, 2.24) is 15.5 Å². The van der Waals surface area contributed by atoms with Gasteiger partial charge in [0.15, 0.2) is 0 Å². The molecule has 2 unspecified atom stereocenters. The Labute approximate surface area is 157 Å². The second kappa shape index (κ2) is 9.62. The zero-order valence-corrected chi connectivity index (χ0v) is 15.9. The van der Waals surface area contributed by atoms with Crippen molar-refractivity contribution in [2.45, 2.75) is 50.7 Å². The summed E-state index contributed by atoms with van der Waals surface area (Å²) in [5.74, 6) is 0.179. The molecule has 0 saturated carbocycles. The van der Waals surface area contributed by atoms with Gasteiger partial charge in [0, 0.05) is 25.7 Å². The number of carbonyl (C=O) groups is 1. The summed E-state index contributed by atoms with van der Waals surface area (Å²) in [4.78, 5) is 15.0. The van der Waals surface area contributed by atoms with E-state index >= 15 is 0 Å². The maximum absolute atomic E-state index is 12.5. The molecule has 0 spiro atoms. The van der Waals surface area contributed by atoms with Crippen LogP contribution in [0.3, 0.4) is 0 Å². The minimum Gasteiger partial charge on any atom is -0.350 e. The summed E-state index contributed by atoms with van der Waals surface area (Å²) in [6.45, 7) is 5.98. The van der Waals surface area contributed by atoms with Gasteiger partial charge in [-0.25, -0.2) is 0 Å². The van der Waals surface area contributed by atoms with Crippen LogP contribution in [0.2, 0.25) is 0 Å². The average Bonchev–Trinajstić information content (AvgIpc) is 2.96. The minimum absolute atomic E-state index is 0. The predicted octanol–water partition coefficient (Wildman–Crippen LogP) is 2.75. The van der Waals surface area contributed by atoms with Crippen molar-refractivity contribution in [3.63, 3.8) is 0 Å². The van der Waals surface area contributed by atoms with E-state index in [1.54, 1.807) is 0 Å². The lowest BCUT2D eigenvalue weighted by Gasteiger charge is -2.34. The van der Waals surface area contributed by atoms with Crippen LogP contribution in [0.15, 0.2) is 30.3 Å². The number of amides is 1. The topological polar surface area (TPSA) is 44.4 Å². The molecule has 4 nitrogen and oxygen atoms in total. The lowest BCUT2D eigenvalue weighted by molar-refractivity contribution is -0.128. The molecule has 2 N–H and O–H groups in total. The molecule has 0 radical (unpaired) electrons. The van der Waals surface area contributed by atoms with E-state index < -0.39 is 0 Å². The summed E-state index contributed by atoms with van der Waals surface area (Å²) >= 11 is 0. The molecule has 2 saturated heterocycles. The fourth-order valence-electron chi connectivity index (χ4n) is 3.53. The Morgan fingerprint density at radius 1 is 1.29 bits per heavy atom. The summed E-state index contributed by atoms with van der Waals surface area (Å²) < 4.78 is 0. The number of piperidine rings is 1. The first-order valence-corrected chi connectivity index (χ1v) is 8.48. The van der Waals surface area contributed by atoms with Crippen LogP contribution < -0.4 is 10.6 Å². The molecule has 0 bridgehead atoms. The van der Waals surface area contributed by atoms with Gasteiger partial charge >= 0.3 is 0 Å². The highest BCUT2D eigenvalue weighted by Gasteiger charge is 2.36. The van der Waals surface area contributed by atoms with Gasteiger partial charge < -0.3 is 10.6 Å². The van der Waals surface area contributed by atoms with Crippen molar-refractivity contribution in [2.24, 2.45) is 0 Å². The number of nitrogens with one attached hydrogen (secondary N) is 2. The van der Waals surface area contributed by atoms with E-state index in [2.05, 4.69) is 39.8 Å². The number of carbonyl (C=O) groups excluding carboxylic acids is 1. The van der Waals surface area contributed by atoms with Gasteiger partial charge in [0.05, 0.1) is 5.54 Å². The Morgan fingerprint density at radius 2 is 2.04 bits per heavy atom. The summed E-state index contributed by atoms with van der Waals surface area (Å²) in [5, 5.41) is 6.66. The molecule has 2 aliphatic heterocycles. The van der Waals surface area contributed by atoms with Crippen LogP contribution in [0.1, 0.15) is 38.2 Å². The van der Waals surface area contributed by atoms with Crippen molar-refractivity contribution in [3.8, 4) is 0 Å². The monoisotopic (exact) mass is 373 g/mol. The molecule has 1 aromatic rings. The Bertz CT molecular complexity index is 506. The summed E-state index contributed by atoms with van der Waals surface area (Å²) in [5.41, 5.74) is 0.973. The van der Waals surface area contributed by atoms with Crippen LogP contribution in [-0.2, 0) is 11.3 Å². The third kappa shape index (κ3) is 5.35. The smallest absolute Gasteiger partial charge is 0.240 e. The van der Waals surface area contributed by atoms with Crippen LogP contribution in [-0.4, -0.2) is 42.0 Å². The number of halogens is 2. The highest BCUT2D eigenvalue weighted by Crippen LogP contribution is 2.20. The van der Waals surface area contributed by atoms with Crippen LogP contribution in [0.4, 0.5) is 0 Å². The fourth-order valence-corrected chi connectivity index (χ4v) is 3.53. The molecule has 2 heterocycles. The second-order valence-electron chi connectivity index (χ2n) is 6.90. The molecule has 1 amide bonds. The zero-order chi connectivity index (χ0) is 15.4. The molecule has 0 aliphatic carbocycles. The Balaban J connectivity index is 0.00000144. The highest BCUT2D eigenvalue weighted by molar-refractivity contribution is 5.86. The van der Waals surface area contributed by atoms with E-state index in [4.69, 9.17) is 0 Å². The van der Waals surface area contributed by atoms with Gasteiger partial charge in [-0.05, 0) is 44.7 Å². The first kappa shape index (κ1) is 21.2.